The molecule has 0 heterocycles. The van der Waals surface area contributed by atoms with E-state index in [1.54, 1.807) is 23.9 Å². The summed E-state index contributed by atoms with van der Waals surface area (Å²) >= 11 is 1.74. The van der Waals surface area contributed by atoms with Crippen molar-refractivity contribution in [2.24, 2.45) is 0 Å². The average Bonchev–Trinajstić information content (AvgIpc) is 2.31. The number of hydrogen-bond acceptors (Lipinski definition) is 2. The van der Waals surface area contributed by atoms with Crippen molar-refractivity contribution in [1.29, 1.82) is 0 Å². The fourth-order valence-corrected chi connectivity index (χ4v) is 3.48. The summed E-state index contributed by atoms with van der Waals surface area (Å²) in [6.07, 6.45) is 6.34. The second-order valence-electron chi connectivity index (χ2n) is 4.18. The third-order valence-electron chi connectivity index (χ3n) is 2.96. The van der Waals surface area contributed by atoms with Gasteiger partial charge in [-0.3, -0.25) is 0 Å². The molecule has 16 heavy (non-hydrogen) atoms. The Bertz CT molecular complexity index is 370. The third kappa shape index (κ3) is 2.79. The molecule has 3 heteroatoms. The zero-order valence-electron chi connectivity index (χ0n) is 9.19. The van der Waals surface area contributed by atoms with Gasteiger partial charge in [-0.2, -0.15) is 0 Å². The third-order valence-corrected chi connectivity index (χ3v) is 4.38. The first kappa shape index (κ1) is 11.5. The summed E-state index contributed by atoms with van der Waals surface area (Å²) in [5.74, 6) is -0.820. The molecular formula is C13H16O2S. The number of benzene rings is 1. The van der Waals surface area contributed by atoms with Crippen LogP contribution in [-0.2, 0) is 0 Å². The molecule has 1 aliphatic rings. The van der Waals surface area contributed by atoms with Crippen LogP contribution >= 0.6 is 11.8 Å². The van der Waals surface area contributed by atoms with Crippen LogP contribution in [0.5, 0.6) is 0 Å². The second kappa shape index (κ2) is 5.39. The van der Waals surface area contributed by atoms with Gasteiger partial charge >= 0.3 is 5.97 Å². The van der Waals surface area contributed by atoms with Gasteiger partial charge in [0.2, 0.25) is 0 Å². The predicted molar refractivity (Wildman–Crippen MR) is 66.1 cm³/mol. The van der Waals surface area contributed by atoms with Gasteiger partial charge in [0.1, 0.15) is 0 Å². The van der Waals surface area contributed by atoms with E-state index in [0.717, 1.165) is 4.90 Å². The van der Waals surface area contributed by atoms with E-state index < -0.39 is 5.97 Å². The second-order valence-corrected chi connectivity index (χ2v) is 5.52. The lowest BCUT2D eigenvalue weighted by atomic mass is 10.0. The summed E-state index contributed by atoms with van der Waals surface area (Å²) < 4.78 is 0. The highest BCUT2D eigenvalue weighted by atomic mass is 32.2. The van der Waals surface area contributed by atoms with Crippen LogP contribution in [0.4, 0.5) is 0 Å². The lowest BCUT2D eigenvalue weighted by Crippen LogP contribution is -2.09. The number of hydrogen-bond donors (Lipinski definition) is 1. The van der Waals surface area contributed by atoms with E-state index in [1.165, 1.54) is 32.1 Å². The van der Waals surface area contributed by atoms with Gasteiger partial charge in [0, 0.05) is 10.1 Å². The topological polar surface area (TPSA) is 37.3 Å². The molecule has 0 radical (unpaired) electrons. The highest BCUT2D eigenvalue weighted by molar-refractivity contribution is 8.00. The maximum Gasteiger partial charge on any atom is 0.336 e. The molecule has 2 nitrogen and oxygen atoms in total. The Labute approximate surface area is 100 Å². The Balaban J connectivity index is 2.10. The van der Waals surface area contributed by atoms with Crippen molar-refractivity contribution >= 4 is 17.7 Å². The van der Waals surface area contributed by atoms with Crippen molar-refractivity contribution in [3.63, 3.8) is 0 Å². The van der Waals surface area contributed by atoms with Gasteiger partial charge in [-0.15, -0.1) is 11.8 Å². The van der Waals surface area contributed by atoms with Crippen LogP contribution in [0.25, 0.3) is 0 Å². The first-order valence-electron chi connectivity index (χ1n) is 5.76. The van der Waals surface area contributed by atoms with Gasteiger partial charge in [-0.05, 0) is 25.0 Å². The van der Waals surface area contributed by atoms with Gasteiger partial charge < -0.3 is 5.11 Å². The molecule has 1 N–H and O–H groups in total. The van der Waals surface area contributed by atoms with E-state index in [2.05, 4.69) is 0 Å². The minimum atomic E-state index is -0.820. The molecule has 0 amide bonds. The number of aromatic carboxylic acids is 1. The number of thioether (sulfide) groups is 1. The van der Waals surface area contributed by atoms with E-state index in [0.29, 0.717) is 10.8 Å². The number of carboxylic acids is 1. The van der Waals surface area contributed by atoms with Crippen molar-refractivity contribution in [3.8, 4) is 0 Å². The van der Waals surface area contributed by atoms with Crippen molar-refractivity contribution < 1.29 is 9.90 Å². The average molecular weight is 236 g/mol. The normalized spacial score (nSPS) is 17.2. The summed E-state index contributed by atoms with van der Waals surface area (Å²) in [7, 11) is 0. The molecule has 1 fully saturated rings. The van der Waals surface area contributed by atoms with Crippen molar-refractivity contribution in [1.82, 2.24) is 0 Å². The molecule has 0 spiro atoms. The van der Waals surface area contributed by atoms with Gasteiger partial charge in [0.25, 0.3) is 0 Å². The maximum atomic E-state index is 11.1. The molecule has 0 atom stereocenters. The minimum absolute atomic E-state index is 0.443. The molecule has 1 aromatic rings. The summed E-state index contributed by atoms with van der Waals surface area (Å²) in [4.78, 5) is 12.0. The Morgan fingerprint density at radius 2 is 1.88 bits per heavy atom. The van der Waals surface area contributed by atoms with Gasteiger partial charge in [-0.25, -0.2) is 4.79 Å². The highest BCUT2D eigenvalue weighted by Crippen LogP contribution is 2.35. The predicted octanol–water partition coefficient (Wildman–Crippen LogP) is 3.81. The first-order valence-corrected chi connectivity index (χ1v) is 6.64. The smallest absolute Gasteiger partial charge is 0.336 e. The molecular weight excluding hydrogens is 220 g/mol. The number of carbonyl (C=O) groups is 1. The first-order chi connectivity index (χ1) is 7.77. The zero-order chi connectivity index (χ0) is 11.4. The van der Waals surface area contributed by atoms with Crippen molar-refractivity contribution in [3.05, 3.63) is 29.8 Å². The Kier molecular flexibility index (Phi) is 3.88. The molecule has 1 aromatic carbocycles. The quantitative estimate of drug-likeness (QED) is 0.867. The molecule has 2 rings (SSSR count). The Morgan fingerprint density at radius 3 is 2.56 bits per heavy atom. The van der Waals surface area contributed by atoms with E-state index in [-0.39, 0.29) is 0 Å². The summed E-state index contributed by atoms with van der Waals surface area (Å²) in [5.41, 5.74) is 0.443. The maximum absolute atomic E-state index is 11.1. The van der Waals surface area contributed by atoms with E-state index in [9.17, 15) is 4.79 Å². The van der Waals surface area contributed by atoms with Crippen LogP contribution in [0, 0.1) is 0 Å². The number of rotatable bonds is 3. The SMILES string of the molecule is O=C(O)c1ccccc1SC1CCCCC1. The van der Waals surface area contributed by atoms with Crippen LogP contribution in [0.3, 0.4) is 0 Å². The van der Waals surface area contributed by atoms with E-state index in [1.807, 2.05) is 12.1 Å². The standard InChI is InChI=1S/C13H16O2S/c14-13(15)11-8-4-5-9-12(11)16-10-6-2-1-3-7-10/h4-5,8-10H,1-3,6-7H2,(H,14,15). The molecule has 0 saturated heterocycles. The van der Waals surface area contributed by atoms with Crippen LogP contribution in [-0.4, -0.2) is 16.3 Å². The molecule has 0 aliphatic heterocycles. The monoisotopic (exact) mass is 236 g/mol. The van der Waals surface area contributed by atoms with Crippen LogP contribution in [0.1, 0.15) is 42.5 Å². The Hall–Kier alpha value is -0.960. The number of carboxylic acid groups (broad SMARTS) is 1. The van der Waals surface area contributed by atoms with Crippen molar-refractivity contribution in [2.45, 2.75) is 42.2 Å². The Morgan fingerprint density at radius 1 is 1.19 bits per heavy atom. The molecule has 1 saturated carbocycles. The molecule has 86 valence electrons. The highest BCUT2D eigenvalue weighted by Gasteiger charge is 2.17. The molecule has 1 aliphatic carbocycles. The minimum Gasteiger partial charge on any atom is -0.478 e. The summed E-state index contributed by atoms with van der Waals surface area (Å²) in [5, 5.41) is 9.69. The molecule has 0 unspecified atom stereocenters. The van der Waals surface area contributed by atoms with Crippen LogP contribution in [0.2, 0.25) is 0 Å². The van der Waals surface area contributed by atoms with Crippen LogP contribution in [0.15, 0.2) is 29.2 Å². The fraction of sp³-hybridized carbons (Fsp3) is 0.462. The van der Waals surface area contributed by atoms with Gasteiger partial charge in [-0.1, -0.05) is 31.4 Å². The summed E-state index contributed by atoms with van der Waals surface area (Å²) in [6.45, 7) is 0. The van der Waals surface area contributed by atoms with Gasteiger partial charge in [0.05, 0.1) is 5.56 Å². The zero-order valence-corrected chi connectivity index (χ0v) is 10.0. The van der Waals surface area contributed by atoms with E-state index in [4.69, 9.17) is 5.11 Å². The lowest BCUT2D eigenvalue weighted by molar-refractivity contribution is 0.0693. The molecule has 0 bridgehead atoms. The molecule has 0 aromatic heterocycles. The van der Waals surface area contributed by atoms with E-state index >= 15 is 0 Å². The largest absolute Gasteiger partial charge is 0.478 e. The lowest BCUT2D eigenvalue weighted by Gasteiger charge is -2.21. The van der Waals surface area contributed by atoms with Crippen molar-refractivity contribution in [2.75, 3.05) is 0 Å². The van der Waals surface area contributed by atoms with Gasteiger partial charge in [0.15, 0.2) is 0 Å². The fourth-order valence-electron chi connectivity index (χ4n) is 2.11. The summed E-state index contributed by atoms with van der Waals surface area (Å²) in [6, 6.07) is 7.31. The van der Waals surface area contributed by atoms with Crippen LogP contribution < -0.4 is 0 Å².